The molecule has 7 aromatic rings. The van der Waals surface area contributed by atoms with Gasteiger partial charge in [0.25, 0.3) is 0 Å². The molecule has 2 heterocycles. The molecule has 0 unspecified atom stereocenters. The van der Waals surface area contributed by atoms with Gasteiger partial charge in [0.1, 0.15) is 31.5 Å². The number of hydrogen-bond donors (Lipinski definition) is 0. The van der Waals surface area contributed by atoms with Crippen LogP contribution < -0.4 is 0 Å². The van der Waals surface area contributed by atoms with Crippen molar-refractivity contribution in [2.24, 2.45) is 0 Å². The van der Waals surface area contributed by atoms with Crippen LogP contribution in [-0.4, -0.2) is 142 Å². The molecular weight excluding hydrogens is 1120 g/mol. The average Bonchev–Trinajstić information content (AvgIpc) is 3.43. The van der Waals surface area contributed by atoms with E-state index in [1.165, 1.54) is 84.9 Å². The van der Waals surface area contributed by atoms with Crippen LogP contribution in [0, 0.1) is 0 Å². The Kier molecular flexibility index (Phi) is 21.7. The van der Waals surface area contributed by atoms with E-state index >= 15 is 0 Å². The van der Waals surface area contributed by atoms with Crippen LogP contribution in [0.3, 0.4) is 0 Å². The predicted molar refractivity (Wildman–Crippen MR) is 301 cm³/mol. The summed E-state index contributed by atoms with van der Waals surface area (Å²) in [6.45, 7) is -1.57. The zero-order valence-electron chi connectivity index (χ0n) is 45.4. The van der Waals surface area contributed by atoms with Crippen molar-refractivity contribution in [1.29, 1.82) is 0 Å². The van der Waals surface area contributed by atoms with Crippen molar-refractivity contribution in [2.45, 2.75) is 61.4 Å². The lowest BCUT2D eigenvalue weighted by Crippen LogP contribution is -2.67. The summed E-state index contributed by atoms with van der Waals surface area (Å²) in [6, 6.07) is 54.7. The van der Waals surface area contributed by atoms with E-state index in [4.69, 9.17) is 68.4 Å². The molecule has 2 aliphatic rings. The maximum atomic E-state index is 14.6. The number of carbonyl (C=O) groups is 7. The first-order chi connectivity index (χ1) is 41.5. The molecule has 0 N–H and O–H groups in total. The highest BCUT2D eigenvalue weighted by molar-refractivity contribution is 6.18. The fourth-order valence-electron chi connectivity index (χ4n) is 9.09. The van der Waals surface area contributed by atoms with Crippen LogP contribution in [0.2, 0.25) is 0 Å². The molecule has 0 spiro atoms. The molecule has 19 nitrogen and oxygen atoms in total. The van der Waals surface area contributed by atoms with Crippen molar-refractivity contribution in [3.8, 4) is 0 Å². The van der Waals surface area contributed by atoms with Gasteiger partial charge in [0.15, 0.2) is 43.1 Å². The maximum Gasteiger partial charge on any atom is 0.338 e. The van der Waals surface area contributed by atoms with E-state index in [2.05, 4.69) is 0 Å². The third-order valence-electron chi connectivity index (χ3n) is 13.2. The van der Waals surface area contributed by atoms with Crippen molar-refractivity contribution < 1.29 is 90.4 Å². The van der Waals surface area contributed by atoms with E-state index in [9.17, 15) is 33.6 Å². The number of carbonyl (C=O) groups excluding carboxylic acids is 7. The first-order valence-corrected chi connectivity index (χ1v) is 27.5. The summed E-state index contributed by atoms with van der Waals surface area (Å²) in [4.78, 5) is 100. The number of benzene rings is 7. The Balaban J connectivity index is 1.20. The van der Waals surface area contributed by atoms with Crippen LogP contribution in [0.4, 0.5) is 0 Å². The SMILES string of the molecule is O=C(OC[C@H]1O[C@@H](O[C@H]2[C@H](OC(=O)c3ccccc3)[C@@H](OC(=O)c3ccccc3)[C@H](OCCOCCCl)O[C@@H]2COC(=O)c2ccccc2)[C@H](OC(=O)c2ccccc2)[C@@H](OC(=O)c2ccccc2)[C@H]1OC(=O)c1ccccc1)c1ccccc1. The van der Waals surface area contributed by atoms with Gasteiger partial charge in [-0.25, -0.2) is 33.6 Å². The Labute approximate surface area is 493 Å². The molecule has 2 aliphatic heterocycles. The van der Waals surface area contributed by atoms with E-state index in [1.807, 2.05) is 0 Å². The number of esters is 7. The third-order valence-corrected chi connectivity index (χ3v) is 13.4. The van der Waals surface area contributed by atoms with Crippen LogP contribution >= 0.6 is 11.6 Å². The molecule has 0 bridgehead atoms. The Morgan fingerprint density at radius 2 is 0.600 bits per heavy atom. The van der Waals surface area contributed by atoms with E-state index in [-0.39, 0.29) is 64.6 Å². The van der Waals surface area contributed by atoms with Crippen LogP contribution in [0.5, 0.6) is 0 Å². The summed E-state index contributed by atoms with van der Waals surface area (Å²) >= 11 is 5.90. The highest BCUT2D eigenvalue weighted by Gasteiger charge is 2.58. The lowest BCUT2D eigenvalue weighted by molar-refractivity contribution is -0.356. The van der Waals surface area contributed by atoms with E-state index in [0.29, 0.717) is 0 Å². The molecule has 0 amide bonds. The second-order valence-corrected chi connectivity index (χ2v) is 19.3. The van der Waals surface area contributed by atoms with Gasteiger partial charge in [0.05, 0.1) is 58.8 Å². The van der Waals surface area contributed by atoms with Gasteiger partial charge in [0.2, 0.25) is 0 Å². The van der Waals surface area contributed by atoms with Gasteiger partial charge in [-0.15, -0.1) is 11.6 Å². The quantitative estimate of drug-likeness (QED) is 0.0238. The Morgan fingerprint density at radius 3 is 0.953 bits per heavy atom. The summed E-state index contributed by atoms with van der Waals surface area (Å²) in [6.07, 6.45) is -18.2. The average molecular weight is 1180 g/mol. The van der Waals surface area contributed by atoms with Gasteiger partial charge in [-0.2, -0.15) is 0 Å². The van der Waals surface area contributed by atoms with Gasteiger partial charge >= 0.3 is 41.8 Å². The summed E-state index contributed by atoms with van der Waals surface area (Å²) in [5, 5.41) is 0. The highest BCUT2D eigenvalue weighted by Crippen LogP contribution is 2.37. The lowest BCUT2D eigenvalue weighted by atomic mass is 9.95. The minimum absolute atomic E-state index is 0.00425. The van der Waals surface area contributed by atoms with Crippen molar-refractivity contribution in [2.75, 3.05) is 38.9 Å². The predicted octanol–water partition coefficient (Wildman–Crippen LogP) is 8.94. The Hall–Kier alpha value is -9.08. The molecule has 2 saturated heterocycles. The number of alkyl halides is 1. The second-order valence-electron chi connectivity index (χ2n) is 19.0. The first kappa shape index (κ1) is 60.5. The number of halogens is 1. The van der Waals surface area contributed by atoms with Gasteiger partial charge in [-0.05, 0) is 84.9 Å². The molecule has 9 rings (SSSR count). The van der Waals surface area contributed by atoms with Crippen LogP contribution in [0.25, 0.3) is 0 Å². The minimum atomic E-state index is -2.07. The number of ether oxygens (including phenoxy) is 12. The van der Waals surface area contributed by atoms with Crippen molar-refractivity contribution in [3.63, 3.8) is 0 Å². The maximum absolute atomic E-state index is 14.6. The Morgan fingerprint density at radius 1 is 0.318 bits per heavy atom. The fourth-order valence-corrected chi connectivity index (χ4v) is 9.20. The molecule has 0 aliphatic carbocycles. The monoisotopic (exact) mass is 1180 g/mol. The molecule has 0 saturated carbocycles. The molecule has 10 atom stereocenters. The summed E-state index contributed by atoms with van der Waals surface area (Å²) < 4.78 is 75.7. The normalized spacial score (nSPS) is 21.7. The van der Waals surface area contributed by atoms with Gasteiger partial charge in [-0.1, -0.05) is 127 Å². The fraction of sp³-hybridized carbons (Fsp3) is 0.246. The number of rotatable bonds is 24. The molecular formula is C65H57ClO19. The number of hydrogen-bond acceptors (Lipinski definition) is 19. The molecule has 7 aromatic carbocycles. The summed E-state index contributed by atoms with van der Waals surface area (Å²) in [5.41, 5.74) is 0.398. The van der Waals surface area contributed by atoms with Crippen molar-refractivity contribution >= 4 is 53.4 Å². The zero-order valence-corrected chi connectivity index (χ0v) is 46.1. The second kappa shape index (κ2) is 30.5. The van der Waals surface area contributed by atoms with E-state index in [1.54, 1.807) is 127 Å². The smallest absolute Gasteiger partial charge is 0.338 e. The molecule has 85 heavy (non-hydrogen) atoms. The summed E-state index contributed by atoms with van der Waals surface area (Å²) in [7, 11) is 0. The molecule has 0 radical (unpaired) electrons. The standard InChI is InChI=1S/C65H57ClO19/c66-36-37-74-38-39-75-64-55(83-62(72)47-32-18-6-19-33-47)54(82-61(71)46-30-16-5-17-31-46)52(50(78-64)41-77-58(68)43-24-10-2-11-25-43)85-65-56(84-63(73)48-34-20-7-21-35-48)53(81-60(70)45-28-14-4-15-29-45)51(80-59(69)44-26-12-3-13-27-44)49(79-65)40-76-57(67)42-22-8-1-9-23-42/h1-35,49-56,64-65H,36-41H2/t49-,50-,51+,52-,53+,54+,55-,56-,64-,65+/m1/s1. The third kappa shape index (κ3) is 16.4. The molecule has 2 fully saturated rings. The zero-order chi connectivity index (χ0) is 59.3. The first-order valence-electron chi connectivity index (χ1n) is 27.0. The van der Waals surface area contributed by atoms with E-state index in [0.717, 1.165) is 0 Å². The molecule has 438 valence electrons. The van der Waals surface area contributed by atoms with Gasteiger partial charge in [0, 0.05) is 5.88 Å². The molecule has 20 heteroatoms. The minimum Gasteiger partial charge on any atom is -0.459 e. The van der Waals surface area contributed by atoms with Crippen molar-refractivity contribution in [1.82, 2.24) is 0 Å². The van der Waals surface area contributed by atoms with Gasteiger partial charge < -0.3 is 56.8 Å². The van der Waals surface area contributed by atoms with Crippen LogP contribution in [0.1, 0.15) is 72.5 Å². The summed E-state index contributed by atoms with van der Waals surface area (Å²) in [5.74, 6) is -6.41. The topological polar surface area (TPSA) is 230 Å². The lowest BCUT2D eigenvalue weighted by Gasteiger charge is -2.48. The van der Waals surface area contributed by atoms with Crippen LogP contribution in [-0.2, 0) is 56.8 Å². The van der Waals surface area contributed by atoms with Crippen molar-refractivity contribution in [3.05, 3.63) is 251 Å². The molecule has 0 aromatic heterocycles. The van der Waals surface area contributed by atoms with E-state index < -0.39 is 116 Å². The van der Waals surface area contributed by atoms with Gasteiger partial charge in [-0.3, -0.25) is 0 Å². The van der Waals surface area contributed by atoms with Crippen LogP contribution in [0.15, 0.2) is 212 Å². The largest absolute Gasteiger partial charge is 0.459 e. The highest BCUT2D eigenvalue weighted by atomic mass is 35.5. The Bertz CT molecular complexity index is 3290.